The van der Waals surface area contributed by atoms with Gasteiger partial charge < -0.3 is 9.32 Å². The number of H-pyrrole nitrogens is 2. The van der Waals surface area contributed by atoms with E-state index < -0.39 is 0 Å². The monoisotopic (exact) mass is 377 g/mol. The fourth-order valence-electron chi connectivity index (χ4n) is 3.56. The van der Waals surface area contributed by atoms with E-state index >= 15 is 0 Å². The largest absolute Gasteiger partial charge is 0.454 e. The number of furan rings is 1. The van der Waals surface area contributed by atoms with Crippen LogP contribution in [0.1, 0.15) is 16.2 Å². The Hall–Kier alpha value is -3.46. The summed E-state index contributed by atoms with van der Waals surface area (Å²) >= 11 is 0. The number of para-hydroxylation sites is 1. The molecule has 4 aromatic rings. The molecule has 2 N–H and O–H groups in total. The van der Waals surface area contributed by atoms with E-state index in [1.807, 2.05) is 36.5 Å². The van der Waals surface area contributed by atoms with Crippen LogP contribution >= 0.6 is 0 Å². The number of nitrogens with one attached hydrogen (secondary N) is 2. The van der Waals surface area contributed by atoms with Crippen LogP contribution in [0.25, 0.3) is 22.4 Å². The molecule has 1 aromatic carbocycles. The second kappa shape index (κ2) is 6.93. The standard InChI is InChI=1S/C19H19N7O2/c27-19(18-20-12-22-24-18)26-7-5-25(6-8-26)11-14-10-21-23-17(14)16-9-13-3-1-2-4-15(13)28-16/h1-4,9-10,12H,5-8,11H2,(H,21,23)(H,20,22,24). The lowest BCUT2D eigenvalue weighted by atomic mass is 10.1. The van der Waals surface area contributed by atoms with E-state index in [0.717, 1.165) is 47.6 Å². The number of nitrogens with zero attached hydrogens (tertiary/aromatic N) is 5. The van der Waals surface area contributed by atoms with Crippen LogP contribution in [0.15, 0.2) is 47.3 Å². The number of aromatic nitrogens is 5. The van der Waals surface area contributed by atoms with Gasteiger partial charge in [0.2, 0.25) is 5.82 Å². The van der Waals surface area contributed by atoms with E-state index in [4.69, 9.17) is 4.42 Å². The van der Waals surface area contributed by atoms with Gasteiger partial charge in [-0.2, -0.15) is 10.2 Å². The summed E-state index contributed by atoms with van der Waals surface area (Å²) in [5, 5.41) is 14.7. The minimum Gasteiger partial charge on any atom is -0.454 e. The molecule has 5 rings (SSSR count). The van der Waals surface area contributed by atoms with Crippen molar-refractivity contribution in [1.82, 2.24) is 35.2 Å². The van der Waals surface area contributed by atoms with E-state index in [-0.39, 0.29) is 11.7 Å². The SMILES string of the molecule is O=C(c1ncn[nH]1)N1CCN(Cc2cn[nH]c2-c2cc3ccccc3o2)CC1. The summed E-state index contributed by atoms with van der Waals surface area (Å²) in [7, 11) is 0. The number of carbonyl (C=O) groups is 1. The topological polar surface area (TPSA) is 107 Å². The number of hydrogen-bond donors (Lipinski definition) is 2. The number of benzene rings is 1. The highest BCUT2D eigenvalue weighted by molar-refractivity contribution is 5.90. The van der Waals surface area contributed by atoms with Crippen molar-refractivity contribution < 1.29 is 9.21 Å². The van der Waals surface area contributed by atoms with Crippen molar-refractivity contribution in [2.45, 2.75) is 6.54 Å². The van der Waals surface area contributed by atoms with Crippen molar-refractivity contribution >= 4 is 16.9 Å². The third kappa shape index (κ3) is 3.05. The predicted molar refractivity (Wildman–Crippen MR) is 101 cm³/mol. The molecule has 1 fully saturated rings. The molecule has 0 radical (unpaired) electrons. The zero-order valence-corrected chi connectivity index (χ0v) is 15.1. The van der Waals surface area contributed by atoms with Crippen molar-refractivity contribution in [3.05, 3.63) is 54.2 Å². The Morgan fingerprint density at radius 3 is 2.75 bits per heavy atom. The summed E-state index contributed by atoms with van der Waals surface area (Å²) < 4.78 is 5.97. The number of hydrogen-bond acceptors (Lipinski definition) is 6. The Labute approximate surface area is 160 Å². The van der Waals surface area contributed by atoms with Crippen LogP contribution in [0, 0.1) is 0 Å². The van der Waals surface area contributed by atoms with E-state index in [0.29, 0.717) is 13.1 Å². The molecule has 142 valence electrons. The number of aromatic amines is 2. The molecule has 1 aliphatic heterocycles. The van der Waals surface area contributed by atoms with Crippen LogP contribution in [0.4, 0.5) is 0 Å². The maximum atomic E-state index is 12.4. The molecular weight excluding hydrogens is 358 g/mol. The minimum atomic E-state index is -0.108. The molecule has 3 aromatic heterocycles. The maximum Gasteiger partial charge on any atom is 0.291 e. The van der Waals surface area contributed by atoms with Gasteiger partial charge >= 0.3 is 0 Å². The summed E-state index contributed by atoms with van der Waals surface area (Å²) in [6.07, 6.45) is 3.19. The normalized spacial score (nSPS) is 15.4. The molecule has 0 bridgehead atoms. The van der Waals surface area contributed by atoms with E-state index in [2.05, 4.69) is 30.3 Å². The van der Waals surface area contributed by atoms with Gasteiger partial charge in [-0.15, -0.1) is 0 Å². The van der Waals surface area contributed by atoms with Crippen LogP contribution in [0.3, 0.4) is 0 Å². The molecule has 1 saturated heterocycles. The number of rotatable bonds is 4. The molecule has 0 atom stereocenters. The van der Waals surface area contributed by atoms with Gasteiger partial charge in [-0.3, -0.25) is 19.9 Å². The van der Waals surface area contributed by atoms with Gasteiger partial charge in [0, 0.05) is 43.7 Å². The van der Waals surface area contributed by atoms with Gasteiger partial charge in [-0.25, -0.2) is 4.98 Å². The highest BCUT2D eigenvalue weighted by atomic mass is 16.3. The molecule has 1 amide bonds. The third-order valence-corrected chi connectivity index (χ3v) is 5.06. The third-order valence-electron chi connectivity index (χ3n) is 5.06. The predicted octanol–water partition coefficient (Wildman–Crippen LogP) is 1.90. The summed E-state index contributed by atoms with van der Waals surface area (Å²) in [5.74, 6) is 0.965. The molecule has 9 nitrogen and oxygen atoms in total. The summed E-state index contributed by atoms with van der Waals surface area (Å²) in [6, 6.07) is 9.97. The van der Waals surface area contributed by atoms with Crippen LogP contribution in [-0.2, 0) is 6.54 Å². The zero-order valence-electron chi connectivity index (χ0n) is 15.1. The number of fused-ring (bicyclic) bond motifs is 1. The van der Waals surface area contributed by atoms with Crippen molar-refractivity contribution in [3.8, 4) is 11.5 Å². The Morgan fingerprint density at radius 2 is 1.96 bits per heavy atom. The van der Waals surface area contributed by atoms with Gasteiger partial charge in [0.1, 0.15) is 17.6 Å². The molecule has 28 heavy (non-hydrogen) atoms. The lowest BCUT2D eigenvalue weighted by molar-refractivity contribution is 0.0617. The van der Waals surface area contributed by atoms with Crippen LogP contribution in [0.5, 0.6) is 0 Å². The molecule has 4 heterocycles. The summed E-state index contributed by atoms with van der Waals surface area (Å²) in [6.45, 7) is 3.61. The van der Waals surface area contributed by atoms with Gasteiger partial charge in [0.25, 0.3) is 5.91 Å². The average Bonchev–Trinajstić information content (AvgIpc) is 3.47. The molecule has 0 spiro atoms. The maximum absolute atomic E-state index is 12.4. The Morgan fingerprint density at radius 1 is 1.11 bits per heavy atom. The molecule has 0 saturated carbocycles. The van der Waals surface area contributed by atoms with Gasteiger partial charge in [-0.1, -0.05) is 18.2 Å². The summed E-state index contributed by atoms with van der Waals surface area (Å²) in [4.78, 5) is 20.4. The Bertz CT molecular complexity index is 1060. The first-order chi connectivity index (χ1) is 13.8. The number of carbonyl (C=O) groups excluding carboxylic acids is 1. The molecule has 9 heteroatoms. The Kier molecular flexibility index (Phi) is 4.13. The summed E-state index contributed by atoms with van der Waals surface area (Å²) in [5.41, 5.74) is 2.84. The van der Waals surface area contributed by atoms with Crippen molar-refractivity contribution in [3.63, 3.8) is 0 Å². The second-order valence-electron chi connectivity index (χ2n) is 6.82. The van der Waals surface area contributed by atoms with Gasteiger partial charge in [-0.05, 0) is 12.1 Å². The lowest BCUT2D eigenvalue weighted by Crippen LogP contribution is -2.48. The highest BCUT2D eigenvalue weighted by Gasteiger charge is 2.25. The van der Waals surface area contributed by atoms with Crippen molar-refractivity contribution in [2.24, 2.45) is 0 Å². The second-order valence-corrected chi connectivity index (χ2v) is 6.82. The molecule has 1 aliphatic rings. The number of piperazine rings is 1. The van der Waals surface area contributed by atoms with Crippen LogP contribution < -0.4 is 0 Å². The number of amides is 1. The fourth-order valence-corrected chi connectivity index (χ4v) is 3.56. The minimum absolute atomic E-state index is 0.108. The molecule has 0 aliphatic carbocycles. The van der Waals surface area contributed by atoms with E-state index in [1.54, 1.807) is 4.90 Å². The quantitative estimate of drug-likeness (QED) is 0.562. The zero-order chi connectivity index (χ0) is 18.9. The lowest BCUT2D eigenvalue weighted by Gasteiger charge is -2.34. The van der Waals surface area contributed by atoms with Crippen LogP contribution in [0.2, 0.25) is 0 Å². The smallest absolute Gasteiger partial charge is 0.291 e. The van der Waals surface area contributed by atoms with Gasteiger partial charge in [0.15, 0.2) is 5.76 Å². The first-order valence-corrected chi connectivity index (χ1v) is 9.16. The fraction of sp³-hybridized carbons (Fsp3) is 0.263. The average molecular weight is 377 g/mol. The molecule has 0 unspecified atom stereocenters. The van der Waals surface area contributed by atoms with Crippen molar-refractivity contribution in [2.75, 3.05) is 26.2 Å². The molecular formula is C19H19N7O2. The Balaban J connectivity index is 1.27. The van der Waals surface area contributed by atoms with E-state index in [1.165, 1.54) is 6.33 Å². The first-order valence-electron chi connectivity index (χ1n) is 9.16. The van der Waals surface area contributed by atoms with Gasteiger partial charge in [0.05, 0.1) is 6.20 Å². The van der Waals surface area contributed by atoms with Crippen LogP contribution in [-0.4, -0.2) is 67.3 Å². The van der Waals surface area contributed by atoms with E-state index in [9.17, 15) is 4.79 Å². The van der Waals surface area contributed by atoms with Crippen molar-refractivity contribution in [1.29, 1.82) is 0 Å². The first kappa shape index (κ1) is 16.7. The highest BCUT2D eigenvalue weighted by Crippen LogP contribution is 2.29.